The summed E-state index contributed by atoms with van der Waals surface area (Å²) in [4.78, 5) is 27.5. The van der Waals surface area contributed by atoms with Gasteiger partial charge in [0.25, 0.3) is 5.91 Å². The zero-order valence-corrected chi connectivity index (χ0v) is 18.9. The minimum atomic E-state index is -0.111. The molecule has 0 spiro atoms. The van der Waals surface area contributed by atoms with Gasteiger partial charge in [-0.2, -0.15) is 0 Å². The van der Waals surface area contributed by atoms with Crippen LogP contribution >= 0.6 is 0 Å². The van der Waals surface area contributed by atoms with E-state index in [1.165, 1.54) is 0 Å². The summed E-state index contributed by atoms with van der Waals surface area (Å²) in [7, 11) is 3.11. The number of nitrogens with two attached hydrogens (primary N) is 1. The monoisotopic (exact) mass is 439 g/mol. The first-order chi connectivity index (χ1) is 15.5. The molecule has 0 bridgehead atoms. The first kappa shape index (κ1) is 23.6. The van der Waals surface area contributed by atoms with E-state index in [-0.39, 0.29) is 17.7 Å². The van der Waals surface area contributed by atoms with Crippen molar-refractivity contribution in [1.82, 2.24) is 4.90 Å². The number of nitrogens with zero attached hydrogens (tertiary/aromatic N) is 1. The molecule has 0 radical (unpaired) electrons. The van der Waals surface area contributed by atoms with E-state index < -0.39 is 0 Å². The summed E-state index contributed by atoms with van der Waals surface area (Å²) in [5.74, 6) is 1.16. The van der Waals surface area contributed by atoms with Gasteiger partial charge in [-0.3, -0.25) is 9.59 Å². The van der Waals surface area contributed by atoms with Gasteiger partial charge in [0.1, 0.15) is 0 Å². The number of benzene rings is 2. The van der Waals surface area contributed by atoms with Crippen LogP contribution in [-0.4, -0.2) is 44.0 Å². The fourth-order valence-electron chi connectivity index (χ4n) is 4.09. The molecule has 7 nitrogen and oxygen atoms in total. The van der Waals surface area contributed by atoms with E-state index in [2.05, 4.69) is 5.32 Å². The number of hydrogen-bond donors (Lipinski definition) is 2. The Bertz CT molecular complexity index is 925. The number of anilines is 1. The SMILES string of the molecule is COc1ccc(C(=O)N(CCCN)Cc2cccc(NC(=O)C3CCCC3)c2)cc1OC. The fourth-order valence-corrected chi connectivity index (χ4v) is 4.09. The molecule has 0 saturated heterocycles. The van der Waals surface area contributed by atoms with Crippen LogP contribution in [-0.2, 0) is 11.3 Å². The van der Waals surface area contributed by atoms with Gasteiger partial charge in [-0.15, -0.1) is 0 Å². The number of nitrogens with one attached hydrogen (secondary N) is 1. The van der Waals surface area contributed by atoms with Gasteiger partial charge in [0.2, 0.25) is 5.91 Å². The minimum absolute atomic E-state index is 0.0843. The molecule has 0 aliphatic heterocycles. The van der Waals surface area contributed by atoms with Crippen molar-refractivity contribution >= 4 is 17.5 Å². The fraction of sp³-hybridized carbons (Fsp3) is 0.440. The van der Waals surface area contributed by atoms with Crippen LogP contribution in [0, 0.1) is 5.92 Å². The van der Waals surface area contributed by atoms with Crippen molar-refractivity contribution in [2.45, 2.75) is 38.6 Å². The highest BCUT2D eigenvalue weighted by atomic mass is 16.5. The molecule has 2 aromatic carbocycles. The zero-order valence-electron chi connectivity index (χ0n) is 18.9. The quantitative estimate of drug-likeness (QED) is 0.587. The summed E-state index contributed by atoms with van der Waals surface area (Å²) in [6.45, 7) is 1.44. The third kappa shape index (κ3) is 6.01. The molecule has 0 atom stereocenters. The Labute approximate surface area is 189 Å². The predicted molar refractivity (Wildman–Crippen MR) is 125 cm³/mol. The lowest BCUT2D eigenvalue weighted by Gasteiger charge is -2.23. The second kappa shape index (κ2) is 11.5. The number of methoxy groups -OCH3 is 2. The third-order valence-electron chi connectivity index (χ3n) is 5.84. The molecule has 1 aliphatic rings. The molecule has 2 aromatic rings. The lowest BCUT2D eigenvalue weighted by molar-refractivity contribution is -0.119. The van der Waals surface area contributed by atoms with E-state index >= 15 is 0 Å². The number of rotatable bonds is 10. The maximum absolute atomic E-state index is 13.3. The van der Waals surface area contributed by atoms with Gasteiger partial charge in [0, 0.05) is 30.3 Å². The number of carbonyl (C=O) groups excluding carboxylic acids is 2. The molecule has 0 unspecified atom stereocenters. The number of hydrogen-bond acceptors (Lipinski definition) is 5. The van der Waals surface area contributed by atoms with Crippen molar-refractivity contribution in [2.24, 2.45) is 11.7 Å². The van der Waals surface area contributed by atoms with Crippen LogP contribution in [0.3, 0.4) is 0 Å². The molecule has 7 heteroatoms. The molecular formula is C25H33N3O4. The first-order valence-corrected chi connectivity index (χ1v) is 11.2. The topological polar surface area (TPSA) is 93.9 Å². The molecule has 3 rings (SSSR count). The van der Waals surface area contributed by atoms with Gasteiger partial charge in [-0.05, 0) is 61.7 Å². The number of ether oxygens (including phenoxy) is 2. The van der Waals surface area contributed by atoms with Crippen LogP contribution in [0.5, 0.6) is 11.5 Å². The van der Waals surface area contributed by atoms with E-state index in [0.717, 1.165) is 36.9 Å². The lowest BCUT2D eigenvalue weighted by Crippen LogP contribution is -2.32. The Kier molecular flexibility index (Phi) is 8.50. The molecule has 1 aliphatic carbocycles. The summed E-state index contributed by atoms with van der Waals surface area (Å²) < 4.78 is 10.6. The zero-order chi connectivity index (χ0) is 22.9. The van der Waals surface area contributed by atoms with E-state index in [0.29, 0.717) is 43.1 Å². The Morgan fingerprint density at radius 1 is 1.06 bits per heavy atom. The van der Waals surface area contributed by atoms with E-state index in [9.17, 15) is 9.59 Å². The van der Waals surface area contributed by atoms with Crippen LogP contribution < -0.4 is 20.5 Å². The van der Waals surface area contributed by atoms with Crippen LogP contribution in [0.15, 0.2) is 42.5 Å². The highest BCUT2D eigenvalue weighted by Gasteiger charge is 2.23. The summed E-state index contributed by atoms with van der Waals surface area (Å²) in [6, 6.07) is 12.8. The van der Waals surface area contributed by atoms with Crippen molar-refractivity contribution in [3.63, 3.8) is 0 Å². The molecule has 2 amide bonds. The second-order valence-corrected chi connectivity index (χ2v) is 8.11. The Morgan fingerprint density at radius 2 is 1.81 bits per heavy atom. The Hall–Kier alpha value is -3.06. The highest BCUT2D eigenvalue weighted by molar-refractivity contribution is 5.95. The van der Waals surface area contributed by atoms with Gasteiger partial charge in [0.05, 0.1) is 14.2 Å². The Morgan fingerprint density at radius 3 is 2.50 bits per heavy atom. The highest BCUT2D eigenvalue weighted by Crippen LogP contribution is 2.29. The maximum atomic E-state index is 13.3. The van der Waals surface area contributed by atoms with Crippen molar-refractivity contribution in [2.75, 3.05) is 32.6 Å². The third-order valence-corrected chi connectivity index (χ3v) is 5.84. The van der Waals surface area contributed by atoms with E-state index in [4.69, 9.17) is 15.2 Å². The van der Waals surface area contributed by atoms with Crippen molar-refractivity contribution < 1.29 is 19.1 Å². The summed E-state index contributed by atoms with van der Waals surface area (Å²) in [5, 5.41) is 3.04. The van der Waals surface area contributed by atoms with E-state index in [1.54, 1.807) is 37.3 Å². The lowest BCUT2D eigenvalue weighted by atomic mass is 10.1. The molecule has 3 N–H and O–H groups in total. The van der Waals surface area contributed by atoms with Crippen LogP contribution in [0.4, 0.5) is 5.69 Å². The number of amides is 2. The van der Waals surface area contributed by atoms with Crippen LogP contribution in [0.2, 0.25) is 0 Å². The van der Waals surface area contributed by atoms with Crippen molar-refractivity contribution in [1.29, 1.82) is 0 Å². The summed E-state index contributed by atoms with van der Waals surface area (Å²) in [5.41, 5.74) is 7.93. The maximum Gasteiger partial charge on any atom is 0.254 e. The smallest absolute Gasteiger partial charge is 0.254 e. The molecule has 1 saturated carbocycles. The minimum Gasteiger partial charge on any atom is -0.493 e. The normalized spacial score (nSPS) is 13.6. The molecule has 32 heavy (non-hydrogen) atoms. The standard InChI is InChI=1S/C25H33N3O4/c1-31-22-12-11-20(16-23(22)32-2)25(30)28(14-6-13-26)17-18-7-5-10-21(15-18)27-24(29)19-8-3-4-9-19/h5,7,10-12,15-16,19H,3-4,6,8-9,13-14,17,26H2,1-2H3,(H,27,29). The van der Waals surface area contributed by atoms with Crippen LogP contribution in [0.25, 0.3) is 0 Å². The summed E-state index contributed by atoms with van der Waals surface area (Å²) in [6.07, 6.45) is 4.84. The second-order valence-electron chi connectivity index (χ2n) is 8.11. The molecule has 0 aromatic heterocycles. The molecular weight excluding hydrogens is 406 g/mol. The first-order valence-electron chi connectivity index (χ1n) is 11.2. The average molecular weight is 440 g/mol. The van der Waals surface area contributed by atoms with Gasteiger partial charge in [-0.1, -0.05) is 25.0 Å². The van der Waals surface area contributed by atoms with Gasteiger partial charge in [-0.25, -0.2) is 0 Å². The van der Waals surface area contributed by atoms with Gasteiger partial charge in [0.15, 0.2) is 11.5 Å². The summed E-state index contributed by atoms with van der Waals surface area (Å²) >= 11 is 0. The largest absolute Gasteiger partial charge is 0.493 e. The van der Waals surface area contributed by atoms with Gasteiger partial charge < -0.3 is 25.4 Å². The number of carbonyl (C=O) groups is 2. The predicted octanol–water partition coefficient (Wildman–Crippen LogP) is 3.82. The molecule has 0 heterocycles. The van der Waals surface area contributed by atoms with Crippen molar-refractivity contribution in [3.05, 3.63) is 53.6 Å². The van der Waals surface area contributed by atoms with Gasteiger partial charge >= 0.3 is 0 Å². The van der Waals surface area contributed by atoms with Crippen LogP contribution in [0.1, 0.15) is 48.0 Å². The Balaban J connectivity index is 1.75. The average Bonchev–Trinajstić information content (AvgIpc) is 3.36. The van der Waals surface area contributed by atoms with E-state index in [1.807, 2.05) is 24.3 Å². The van der Waals surface area contributed by atoms with Crippen molar-refractivity contribution in [3.8, 4) is 11.5 Å². The molecule has 1 fully saturated rings. The molecule has 172 valence electrons.